The summed E-state index contributed by atoms with van der Waals surface area (Å²) in [4.78, 5) is 3.99. The van der Waals surface area contributed by atoms with Gasteiger partial charge in [-0.05, 0) is 28.4 Å². The maximum absolute atomic E-state index is 8.53. The van der Waals surface area contributed by atoms with Gasteiger partial charge in [-0.25, -0.2) is 0 Å². The minimum absolute atomic E-state index is 0.217. The van der Waals surface area contributed by atoms with Gasteiger partial charge in [0.2, 0.25) is 0 Å². The highest BCUT2D eigenvalue weighted by atomic mass is 79.9. The summed E-state index contributed by atoms with van der Waals surface area (Å²) in [6.45, 7) is 0.989. The SMILES string of the molecule is OCCCNc1cncc(Br)c1. The smallest absolute Gasteiger partial charge is 0.0538 e. The standard InChI is InChI=1S/C8H11BrN2O/c9-7-4-8(6-10-5-7)11-2-1-3-12/h4-6,11-12H,1-3H2. The van der Waals surface area contributed by atoms with Crippen molar-refractivity contribution in [3.05, 3.63) is 22.9 Å². The van der Waals surface area contributed by atoms with E-state index in [1.165, 1.54) is 0 Å². The molecule has 0 radical (unpaired) electrons. The molecule has 1 aromatic heterocycles. The molecule has 3 nitrogen and oxygen atoms in total. The normalized spacial score (nSPS) is 9.83. The first kappa shape index (κ1) is 9.48. The van der Waals surface area contributed by atoms with Crippen molar-refractivity contribution in [2.45, 2.75) is 6.42 Å². The van der Waals surface area contributed by atoms with E-state index in [1.54, 1.807) is 12.4 Å². The number of aliphatic hydroxyl groups is 1. The third kappa shape index (κ3) is 3.19. The fourth-order valence-electron chi connectivity index (χ4n) is 0.820. The molecule has 1 aromatic rings. The molecule has 1 heterocycles. The Morgan fingerprint density at radius 3 is 3.00 bits per heavy atom. The lowest BCUT2D eigenvalue weighted by atomic mass is 10.4. The zero-order chi connectivity index (χ0) is 8.81. The monoisotopic (exact) mass is 230 g/mol. The molecule has 0 saturated carbocycles. The maximum atomic E-state index is 8.53. The third-order valence-electron chi connectivity index (χ3n) is 1.37. The summed E-state index contributed by atoms with van der Waals surface area (Å²) in [5.74, 6) is 0. The molecule has 1 rings (SSSR count). The quantitative estimate of drug-likeness (QED) is 0.774. The zero-order valence-electron chi connectivity index (χ0n) is 6.63. The highest BCUT2D eigenvalue weighted by Crippen LogP contribution is 2.13. The van der Waals surface area contributed by atoms with E-state index in [-0.39, 0.29) is 6.61 Å². The van der Waals surface area contributed by atoms with E-state index in [2.05, 4.69) is 26.2 Å². The van der Waals surface area contributed by atoms with Gasteiger partial charge < -0.3 is 10.4 Å². The number of halogens is 1. The van der Waals surface area contributed by atoms with Gasteiger partial charge in [-0.15, -0.1) is 0 Å². The average molecular weight is 231 g/mol. The molecule has 0 saturated heterocycles. The summed E-state index contributed by atoms with van der Waals surface area (Å²) in [5.41, 5.74) is 0.970. The Balaban J connectivity index is 2.41. The lowest BCUT2D eigenvalue weighted by Crippen LogP contribution is -2.03. The van der Waals surface area contributed by atoms with Crippen LogP contribution < -0.4 is 5.32 Å². The average Bonchev–Trinajstić information content (AvgIpc) is 2.05. The van der Waals surface area contributed by atoms with Gasteiger partial charge in [-0.1, -0.05) is 0 Å². The molecule has 0 aliphatic carbocycles. The van der Waals surface area contributed by atoms with Gasteiger partial charge in [0, 0.05) is 23.8 Å². The molecule has 0 bridgehead atoms. The number of pyridine rings is 1. The molecule has 66 valence electrons. The number of nitrogens with zero attached hydrogens (tertiary/aromatic N) is 1. The second kappa shape index (κ2) is 5.11. The minimum Gasteiger partial charge on any atom is -0.396 e. The van der Waals surface area contributed by atoms with Crippen LogP contribution in [0.3, 0.4) is 0 Å². The van der Waals surface area contributed by atoms with Crippen LogP contribution in [-0.4, -0.2) is 23.2 Å². The number of hydrogen-bond donors (Lipinski definition) is 2. The molecule has 12 heavy (non-hydrogen) atoms. The van der Waals surface area contributed by atoms with Crippen molar-refractivity contribution in [3.8, 4) is 0 Å². The number of nitrogens with one attached hydrogen (secondary N) is 1. The van der Waals surface area contributed by atoms with E-state index >= 15 is 0 Å². The van der Waals surface area contributed by atoms with Crippen LogP contribution in [0.2, 0.25) is 0 Å². The first-order valence-electron chi connectivity index (χ1n) is 3.78. The van der Waals surface area contributed by atoms with Crippen molar-refractivity contribution >= 4 is 21.6 Å². The van der Waals surface area contributed by atoms with Gasteiger partial charge in [0.1, 0.15) is 0 Å². The second-order valence-corrected chi connectivity index (χ2v) is 3.31. The van der Waals surface area contributed by atoms with Crippen molar-refractivity contribution in [1.82, 2.24) is 4.98 Å². The van der Waals surface area contributed by atoms with Crippen molar-refractivity contribution in [2.24, 2.45) is 0 Å². The molecular formula is C8H11BrN2O. The summed E-state index contributed by atoms with van der Waals surface area (Å²) in [6, 6.07) is 1.95. The van der Waals surface area contributed by atoms with Crippen molar-refractivity contribution in [3.63, 3.8) is 0 Å². The Morgan fingerprint density at radius 1 is 1.50 bits per heavy atom. The second-order valence-electron chi connectivity index (χ2n) is 2.40. The minimum atomic E-state index is 0.217. The summed E-state index contributed by atoms with van der Waals surface area (Å²) in [7, 11) is 0. The van der Waals surface area contributed by atoms with Gasteiger partial charge in [0.25, 0.3) is 0 Å². The molecular weight excluding hydrogens is 220 g/mol. The predicted octanol–water partition coefficient (Wildman–Crippen LogP) is 1.64. The highest BCUT2D eigenvalue weighted by molar-refractivity contribution is 9.10. The van der Waals surface area contributed by atoms with Gasteiger partial charge in [-0.3, -0.25) is 4.98 Å². The molecule has 4 heteroatoms. The summed E-state index contributed by atoms with van der Waals surface area (Å²) in [6.07, 6.45) is 4.24. The van der Waals surface area contributed by atoms with Crippen LogP contribution in [0.25, 0.3) is 0 Å². The lowest BCUT2D eigenvalue weighted by Gasteiger charge is -2.03. The van der Waals surface area contributed by atoms with Gasteiger partial charge >= 0.3 is 0 Å². The first-order chi connectivity index (χ1) is 5.83. The van der Waals surface area contributed by atoms with Crippen molar-refractivity contribution < 1.29 is 5.11 Å². The number of rotatable bonds is 4. The van der Waals surface area contributed by atoms with E-state index in [4.69, 9.17) is 5.11 Å². The number of hydrogen-bond acceptors (Lipinski definition) is 3. The topological polar surface area (TPSA) is 45.1 Å². The summed E-state index contributed by atoms with van der Waals surface area (Å²) in [5, 5.41) is 11.7. The van der Waals surface area contributed by atoms with Crippen LogP contribution >= 0.6 is 15.9 Å². The van der Waals surface area contributed by atoms with Crippen LogP contribution in [0.1, 0.15) is 6.42 Å². The van der Waals surface area contributed by atoms with E-state index < -0.39 is 0 Å². The predicted molar refractivity (Wildman–Crippen MR) is 52.1 cm³/mol. The van der Waals surface area contributed by atoms with Crippen LogP contribution in [0.5, 0.6) is 0 Å². The number of aliphatic hydroxyl groups excluding tert-OH is 1. The van der Waals surface area contributed by atoms with Gasteiger partial charge in [-0.2, -0.15) is 0 Å². The van der Waals surface area contributed by atoms with Crippen LogP contribution in [0.15, 0.2) is 22.9 Å². The molecule has 0 aliphatic heterocycles. The highest BCUT2D eigenvalue weighted by Gasteiger charge is 1.92. The third-order valence-corrected chi connectivity index (χ3v) is 1.80. The van der Waals surface area contributed by atoms with Crippen LogP contribution in [0, 0.1) is 0 Å². The fraction of sp³-hybridized carbons (Fsp3) is 0.375. The Kier molecular flexibility index (Phi) is 4.04. The number of aromatic nitrogens is 1. The van der Waals surface area contributed by atoms with E-state index in [1.807, 2.05) is 6.07 Å². The summed E-state index contributed by atoms with van der Waals surface area (Å²) < 4.78 is 0.955. The van der Waals surface area contributed by atoms with E-state index in [0.717, 1.165) is 23.1 Å². The molecule has 0 spiro atoms. The molecule has 0 fully saturated rings. The Hall–Kier alpha value is -0.610. The zero-order valence-corrected chi connectivity index (χ0v) is 8.21. The number of anilines is 1. The van der Waals surface area contributed by atoms with Crippen LogP contribution in [-0.2, 0) is 0 Å². The molecule has 0 aliphatic rings. The molecule has 0 amide bonds. The lowest BCUT2D eigenvalue weighted by molar-refractivity contribution is 0.292. The largest absolute Gasteiger partial charge is 0.396 e. The Labute approximate surface area is 80.0 Å². The van der Waals surface area contributed by atoms with Crippen LogP contribution in [0.4, 0.5) is 5.69 Å². The van der Waals surface area contributed by atoms with Crippen molar-refractivity contribution in [2.75, 3.05) is 18.5 Å². The molecule has 0 unspecified atom stereocenters. The molecule has 2 N–H and O–H groups in total. The molecule has 0 aromatic carbocycles. The maximum Gasteiger partial charge on any atom is 0.0538 e. The Morgan fingerprint density at radius 2 is 2.33 bits per heavy atom. The van der Waals surface area contributed by atoms with E-state index in [0.29, 0.717) is 0 Å². The van der Waals surface area contributed by atoms with Crippen molar-refractivity contribution in [1.29, 1.82) is 0 Å². The van der Waals surface area contributed by atoms with Gasteiger partial charge in [0.15, 0.2) is 0 Å². The molecule has 0 atom stereocenters. The first-order valence-corrected chi connectivity index (χ1v) is 4.57. The van der Waals surface area contributed by atoms with Gasteiger partial charge in [0.05, 0.1) is 11.9 Å². The Bertz CT molecular complexity index is 242. The van der Waals surface area contributed by atoms with E-state index in [9.17, 15) is 0 Å². The summed E-state index contributed by atoms with van der Waals surface area (Å²) >= 11 is 3.32. The fourth-order valence-corrected chi connectivity index (χ4v) is 1.19.